The molecule has 2 aliphatic rings. The molecule has 0 amide bonds. The molecular weight excluding hydrogens is 528 g/mol. The number of likely N-dealkylation sites (N-methyl/N-ethyl adjacent to an activating group) is 1. The molecule has 2 aromatic carbocycles. The van der Waals surface area contributed by atoms with Crippen LogP contribution in [0.4, 0.5) is 11.8 Å². The second kappa shape index (κ2) is 13.3. The zero-order valence-corrected chi connectivity index (χ0v) is 24.7. The van der Waals surface area contributed by atoms with Crippen LogP contribution in [0.3, 0.4) is 0 Å². The second-order valence-corrected chi connectivity index (χ2v) is 11.1. The highest BCUT2D eigenvalue weighted by molar-refractivity contribution is 5.92. The van der Waals surface area contributed by atoms with Crippen LogP contribution >= 0.6 is 0 Å². The Hall–Kier alpha value is -4.02. The SMILES string of the molecule is COc1cc2ncnc(N3CCN(c4ncc(Cc5ccccc5)cn4)CC3)c2cc1OCCCN1CCN(C)CC1. The number of aromatic nitrogens is 4. The molecular formula is C32H40N8O2. The molecule has 0 unspecified atom stereocenters. The van der Waals surface area contributed by atoms with Crippen molar-refractivity contribution in [3.63, 3.8) is 0 Å². The summed E-state index contributed by atoms with van der Waals surface area (Å²) in [5, 5.41) is 0.974. The molecule has 0 aliphatic carbocycles. The van der Waals surface area contributed by atoms with E-state index in [1.807, 2.05) is 30.6 Å². The van der Waals surface area contributed by atoms with Crippen LogP contribution in [0.5, 0.6) is 11.5 Å². The van der Waals surface area contributed by atoms with Gasteiger partial charge in [-0.25, -0.2) is 19.9 Å². The van der Waals surface area contributed by atoms with Crippen molar-refractivity contribution in [2.75, 3.05) is 89.5 Å². The maximum atomic E-state index is 6.25. The van der Waals surface area contributed by atoms with Crippen molar-refractivity contribution in [1.82, 2.24) is 29.7 Å². The molecule has 0 radical (unpaired) electrons. The van der Waals surface area contributed by atoms with E-state index in [0.29, 0.717) is 12.4 Å². The smallest absolute Gasteiger partial charge is 0.225 e. The fourth-order valence-electron chi connectivity index (χ4n) is 5.67. The number of nitrogens with zero attached hydrogens (tertiary/aromatic N) is 8. The lowest BCUT2D eigenvalue weighted by Crippen LogP contribution is -2.47. The van der Waals surface area contributed by atoms with Crippen LogP contribution in [0.15, 0.2) is 61.2 Å². The Morgan fingerprint density at radius 2 is 1.50 bits per heavy atom. The third kappa shape index (κ3) is 6.71. The summed E-state index contributed by atoms with van der Waals surface area (Å²) in [6.45, 7) is 9.44. The van der Waals surface area contributed by atoms with E-state index in [9.17, 15) is 0 Å². The third-order valence-electron chi connectivity index (χ3n) is 8.18. The van der Waals surface area contributed by atoms with Gasteiger partial charge in [0.25, 0.3) is 0 Å². The average molecular weight is 569 g/mol. The van der Waals surface area contributed by atoms with E-state index in [-0.39, 0.29) is 0 Å². The van der Waals surface area contributed by atoms with Crippen molar-refractivity contribution in [2.45, 2.75) is 12.8 Å². The first-order valence-electron chi connectivity index (χ1n) is 14.9. The van der Waals surface area contributed by atoms with E-state index in [1.165, 1.54) is 5.56 Å². The summed E-state index contributed by atoms with van der Waals surface area (Å²) in [5.74, 6) is 3.13. The molecule has 0 atom stereocenters. The van der Waals surface area contributed by atoms with Crippen molar-refractivity contribution in [3.05, 3.63) is 72.3 Å². The molecule has 2 saturated heterocycles. The summed E-state index contributed by atoms with van der Waals surface area (Å²) in [6, 6.07) is 14.4. The molecule has 220 valence electrons. The van der Waals surface area contributed by atoms with Gasteiger partial charge in [0, 0.05) is 89.2 Å². The third-order valence-corrected chi connectivity index (χ3v) is 8.18. The normalized spacial score (nSPS) is 16.6. The molecule has 0 bridgehead atoms. The van der Waals surface area contributed by atoms with E-state index >= 15 is 0 Å². The monoisotopic (exact) mass is 568 g/mol. The van der Waals surface area contributed by atoms with Crippen LogP contribution in [0, 0.1) is 0 Å². The minimum atomic E-state index is 0.639. The first kappa shape index (κ1) is 28.1. The second-order valence-electron chi connectivity index (χ2n) is 11.1. The number of methoxy groups -OCH3 is 1. The van der Waals surface area contributed by atoms with Crippen molar-refractivity contribution < 1.29 is 9.47 Å². The van der Waals surface area contributed by atoms with Gasteiger partial charge >= 0.3 is 0 Å². The zero-order valence-electron chi connectivity index (χ0n) is 24.7. The summed E-state index contributed by atoms with van der Waals surface area (Å²) >= 11 is 0. The summed E-state index contributed by atoms with van der Waals surface area (Å²) in [7, 11) is 3.86. The van der Waals surface area contributed by atoms with Gasteiger partial charge < -0.3 is 29.1 Å². The molecule has 42 heavy (non-hydrogen) atoms. The quantitative estimate of drug-likeness (QED) is 0.266. The number of hydrogen-bond acceptors (Lipinski definition) is 10. The fraction of sp³-hybridized carbons (Fsp3) is 0.438. The molecule has 2 fully saturated rings. The van der Waals surface area contributed by atoms with E-state index in [2.05, 4.69) is 65.9 Å². The van der Waals surface area contributed by atoms with Crippen molar-refractivity contribution >= 4 is 22.7 Å². The minimum absolute atomic E-state index is 0.639. The van der Waals surface area contributed by atoms with Gasteiger partial charge in [-0.15, -0.1) is 0 Å². The van der Waals surface area contributed by atoms with E-state index in [0.717, 1.165) is 106 Å². The van der Waals surface area contributed by atoms with Crippen LogP contribution < -0.4 is 19.3 Å². The van der Waals surface area contributed by atoms with Gasteiger partial charge in [-0.3, -0.25) is 0 Å². The van der Waals surface area contributed by atoms with Crippen molar-refractivity contribution in [2.24, 2.45) is 0 Å². The maximum absolute atomic E-state index is 6.25. The fourth-order valence-corrected chi connectivity index (χ4v) is 5.67. The Bertz CT molecular complexity index is 1440. The minimum Gasteiger partial charge on any atom is -0.493 e. The van der Waals surface area contributed by atoms with Crippen LogP contribution in [-0.2, 0) is 6.42 Å². The van der Waals surface area contributed by atoms with E-state index in [4.69, 9.17) is 14.5 Å². The van der Waals surface area contributed by atoms with Gasteiger partial charge in [0.15, 0.2) is 11.5 Å². The lowest BCUT2D eigenvalue weighted by Gasteiger charge is -2.35. The number of piperazine rings is 2. The Balaban J connectivity index is 1.08. The summed E-state index contributed by atoms with van der Waals surface area (Å²) < 4.78 is 11.9. The molecule has 10 nitrogen and oxygen atoms in total. The van der Waals surface area contributed by atoms with Crippen molar-refractivity contribution in [3.8, 4) is 11.5 Å². The number of rotatable bonds is 10. The first-order chi connectivity index (χ1) is 20.7. The highest BCUT2D eigenvalue weighted by Crippen LogP contribution is 2.35. The number of benzene rings is 2. The lowest BCUT2D eigenvalue weighted by molar-refractivity contribution is 0.145. The highest BCUT2D eigenvalue weighted by atomic mass is 16.5. The molecule has 6 rings (SSSR count). The Labute approximate surface area is 247 Å². The molecule has 4 aromatic rings. The highest BCUT2D eigenvalue weighted by Gasteiger charge is 2.23. The topological polar surface area (TPSA) is 83.0 Å². The Morgan fingerprint density at radius 3 is 2.24 bits per heavy atom. The molecule has 2 aromatic heterocycles. The largest absolute Gasteiger partial charge is 0.493 e. The molecule has 0 N–H and O–H groups in total. The number of anilines is 2. The molecule has 4 heterocycles. The van der Waals surface area contributed by atoms with Crippen molar-refractivity contribution in [1.29, 1.82) is 0 Å². The van der Waals surface area contributed by atoms with Gasteiger partial charge in [-0.2, -0.15) is 0 Å². The molecule has 10 heteroatoms. The summed E-state index contributed by atoms with van der Waals surface area (Å²) in [5.41, 5.74) is 3.22. The summed E-state index contributed by atoms with van der Waals surface area (Å²) in [6.07, 6.45) is 7.33. The lowest BCUT2D eigenvalue weighted by atomic mass is 10.1. The number of hydrogen-bond donors (Lipinski definition) is 0. The predicted octanol–water partition coefficient (Wildman–Crippen LogP) is 3.36. The molecule has 0 spiro atoms. The molecule has 2 aliphatic heterocycles. The Morgan fingerprint density at radius 1 is 0.762 bits per heavy atom. The average Bonchev–Trinajstić information content (AvgIpc) is 3.04. The number of fused-ring (bicyclic) bond motifs is 1. The van der Waals surface area contributed by atoms with Gasteiger partial charge in [-0.1, -0.05) is 30.3 Å². The maximum Gasteiger partial charge on any atom is 0.225 e. The first-order valence-corrected chi connectivity index (χ1v) is 14.9. The molecule has 0 saturated carbocycles. The van der Waals surface area contributed by atoms with Crippen LogP contribution in [0.1, 0.15) is 17.5 Å². The van der Waals surface area contributed by atoms with Crippen LogP contribution in [0.25, 0.3) is 10.9 Å². The van der Waals surface area contributed by atoms with E-state index < -0.39 is 0 Å². The Kier molecular flexibility index (Phi) is 8.91. The zero-order chi connectivity index (χ0) is 28.7. The predicted molar refractivity (Wildman–Crippen MR) is 166 cm³/mol. The van der Waals surface area contributed by atoms with Gasteiger partial charge in [0.05, 0.1) is 19.2 Å². The van der Waals surface area contributed by atoms with Crippen LogP contribution in [-0.4, -0.2) is 109 Å². The summed E-state index contributed by atoms with van der Waals surface area (Å²) in [4.78, 5) is 28.0. The number of ether oxygens (including phenoxy) is 2. The standard InChI is InChI=1S/C32H40N8O2/c1-37-10-12-38(13-11-37)9-6-18-42-30-20-27-28(21-29(30)41-2)35-24-36-31(27)39-14-16-40(17-15-39)32-33-22-26(23-34-32)19-25-7-4-3-5-8-25/h3-5,7-8,20-24H,6,9-19H2,1-2H3. The van der Waals surface area contributed by atoms with Gasteiger partial charge in [0.2, 0.25) is 5.95 Å². The van der Waals surface area contributed by atoms with E-state index in [1.54, 1.807) is 13.4 Å². The van der Waals surface area contributed by atoms with Gasteiger partial charge in [0.1, 0.15) is 12.1 Å². The van der Waals surface area contributed by atoms with Crippen LogP contribution in [0.2, 0.25) is 0 Å². The van der Waals surface area contributed by atoms with Gasteiger partial charge in [-0.05, 0) is 30.7 Å².